The molecule has 138 valence electrons. The van der Waals surface area contributed by atoms with Crippen LogP contribution in [0.2, 0.25) is 0 Å². The first kappa shape index (κ1) is 22.6. The fourth-order valence-corrected chi connectivity index (χ4v) is 4.54. The fourth-order valence-electron chi connectivity index (χ4n) is 2.66. The number of carbonyl (C=O) groups is 1. The molecule has 0 saturated carbocycles. The molecule has 0 bridgehead atoms. The summed E-state index contributed by atoms with van der Waals surface area (Å²) in [6.07, 6.45) is 4.32. The number of hydrogen-bond donors (Lipinski definition) is 2. The summed E-state index contributed by atoms with van der Waals surface area (Å²) in [6, 6.07) is -0.570. The van der Waals surface area contributed by atoms with Crippen molar-refractivity contribution in [3.05, 3.63) is 0 Å². The second kappa shape index (κ2) is 9.81. The molecule has 0 radical (unpaired) electrons. The first-order chi connectivity index (χ1) is 10.3. The predicted octanol–water partition coefficient (Wildman–Crippen LogP) is 1.64. The van der Waals surface area contributed by atoms with Crippen LogP contribution >= 0.6 is 12.4 Å². The molecule has 8 heteroatoms. The minimum absolute atomic E-state index is 0. The standard InChI is InChI=1S/C15H31N3O3S.ClH/c1-4-7-11-22(20,21)18-10-8-9-13(18)14(19)17-12-15(16,5-2)6-3;/h13H,4-12,16H2,1-3H3,(H,17,19);1H. The number of carbonyl (C=O) groups excluding carboxylic acids is 1. The fraction of sp³-hybridized carbons (Fsp3) is 0.933. The van der Waals surface area contributed by atoms with Gasteiger partial charge >= 0.3 is 0 Å². The van der Waals surface area contributed by atoms with Crippen molar-refractivity contribution in [1.82, 2.24) is 9.62 Å². The lowest BCUT2D eigenvalue weighted by atomic mass is 9.94. The first-order valence-corrected chi connectivity index (χ1v) is 9.96. The van der Waals surface area contributed by atoms with E-state index < -0.39 is 21.6 Å². The van der Waals surface area contributed by atoms with Crippen molar-refractivity contribution < 1.29 is 13.2 Å². The number of hydrogen-bond acceptors (Lipinski definition) is 4. The van der Waals surface area contributed by atoms with Gasteiger partial charge in [0.2, 0.25) is 15.9 Å². The minimum Gasteiger partial charge on any atom is -0.353 e. The molecule has 0 aromatic carbocycles. The Morgan fingerprint density at radius 2 is 1.91 bits per heavy atom. The van der Waals surface area contributed by atoms with Gasteiger partial charge in [-0.1, -0.05) is 27.2 Å². The predicted molar refractivity (Wildman–Crippen MR) is 96.2 cm³/mol. The summed E-state index contributed by atoms with van der Waals surface area (Å²) < 4.78 is 26.1. The summed E-state index contributed by atoms with van der Waals surface area (Å²) in [4.78, 5) is 12.4. The molecule has 3 N–H and O–H groups in total. The number of unbranched alkanes of at least 4 members (excludes halogenated alkanes) is 1. The molecule has 23 heavy (non-hydrogen) atoms. The molecule has 1 aliphatic rings. The zero-order valence-electron chi connectivity index (χ0n) is 14.5. The Bertz CT molecular complexity index is 467. The average molecular weight is 370 g/mol. The number of halogens is 1. The van der Waals surface area contributed by atoms with E-state index in [0.717, 1.165) is 25.7 Å². The maximum Gasteiger partial charge on any atom is 0.238 e. The van der Waals surface area contributed by atoms with Gasteiger partial charge in [-0.25, -0.2) is 8.42 Å². The van der Waals surface area contributed by atoms with E-state index in [0.29, 0.717) is 25.9 Å². The molecule has 0 spiro atoms. The highest BCUT2D eigenvalue weighted by molar-refractivity contribution is 7.89. The Hall–Kier alpha value is -0.370. The van der Waals surface area contributed by atoms with Crippen LogP contribution in [-0.4, -0.2) is 49.1 Å². The van der Waals surface area contributed by atoms with E-state index >= 15 is 0 Å². The van der Waals surface area contributed by atoms with Gasteiger partial charge in [-0.15, -0.1) is 12.4 Å². The van der Waals surface area contributed by atoms with E-state index in [4.69, 9.17) is 5.73 Å². The molecule has 6 nitrogen and oxygen atoms in total. The van der Waals surface area contributed by atoms with Gasteiger partial charge in [0.15, 0.2) is 0 Å². The molecule has 1 fully saturated rings. The van der Waals surface area contributed by atoms with E-state index in [9.17, 15) is 13.2 Å². The Kier molecular flexibility index (Phi) is 9.65. The normalized spacial score (nSPS) is 19.4. The van der Waals surface area contributed by atoms with E-state index in [1.165, 1.54) is 4.31 Å². The number of sulfonamides is 1. The van der Waals surface area contributed by atoms with Crippen LogP contribution < -0.4 is 11.1 Å². The number of nitrogens with zero attached hydrogens (tertiary/aromatic N) is 1. The minimum atomic E-state index is -3.34. The van der Waals surface area contributed by atoms with Gasteiger partial charge in [0.25, 0.3) is 0 Å². The second-order valence-electron chi connectivity index (χ2n) is 6.23. The van der Waals surface area contributed by atoms with Crippen LogP contribution in [-0.2, 0) is 14.8 Å². The van der Waals surface area contributed by atoms with Gasteiger partial charge < -0.3 is 11.1 Å². The highest BCUT2D eigenvalue weighted by Gasteiger charge is 2.38. The first-order valence-electron chi connectivity index (χ1n) is 8.35. The number of nitrogens with one attached hydrogen (secondary N) is 1. The average Bonchev–Trinajstić information content (AvgIpc) is 3.01. The molecule has 1 amide bonds. The van der Waals surface area contributed by atoms with E-state index in [1.54, 1.807) is 0 Å². The smallest absolute Gasteiger partial charge is 0.238 e. The van der Waals surface area contributed by atoms with Crippen molar-refractivity contribution in [2.24, 2.45) is 5.73 Å². The van der Waals surface area contributed by atoms with Crippen LogP contribution in [0.15, 0.2) is 0 Å². The molecule has 1 unspecified atom stereocenters. The van der Waals surface area contributed by atoms with E-state index in [2.05, 4.69) is 5.32 Å². The lowest BCUT2D eigenvalue weighted by molar-refractivity contribution is -0.124. The summed E-state index contributed by atoms with van der Waals surface area (Å²) in [7, 11) is -3.34. The highest BCUT2D eigenvalue weighted by atomic mass is 35.5. The third kappa shape index (κ3) is 6.21. The number of rotatable bonds is 9. The maximum absolute atomic E-state index is 12.4. The Labute approximate surface area is 147 Å². The monoisotopic (exact) mass is 369 g/mol. The number of nitrogens with two attached hydrogens (primary N) is 1. The van der Waals surface area contributed by atoms with Gasteiger partial charge in [0.1, 0.15) is 6.04 Å². The summed E-state index contributed by atoms with van der Waals surface area (Å²) in [6.45, 7) is 6.77. The third-order valence-electron chi connectivity index (χ3n) is 4.64. The number of amides is 1. The van der Waals surface area contributed by atoms with Crippen molar-refractivity contribution >= 4 is 28.3 Å². The third-order valence-corrected chi connectivity index (χ3v) is 6.60. The zero-order valence-corrected chi connectivity index (χ0v) is 16.1. The molecule has 1 aliphatic heterocycles. The van der Waals surface area contributed by atoms with Gasteiger partial charge in [-0.05, 0) is 32.1 Å². The van der Waals surface area contributed by atoms with Gasteiger partial charge in [-0.3, -0.25) is 4.79 Å². The summed E-state index contributed by atoms with van der Waals surface area (Å²) in [5, 5.41) is 2.86. The zero-order chi connectivity index (χ0) is 16.8. The second-order valence-corrected chi connectivity index (χ2v) is 8.27. The Morgan fingerprint density at radius 1 is 1.30 bits per heavy atom. The maximum atomic E-state index is 12.4. The van der Waals surface area contributed by atoms with Crippen LogP contribution in [0, 0.1) is 0 Å². The molecule has 1 rings (SSSR count). The highest BCUT2D eigenvalue weighted by Crippen LogP contribution is 2.22. The van der Waals surface area contributed by atoms with E-state index in [-0.39, 0.29) is 24.1 Å². The molecule has 1 saturated heterocycles. The molecule has 0 aliphatic carbocycles. The van der Waals surface area contributed by atoms with Gasteiger partial charge in [-0.2, -0.15) is 4.31 Å². The van der Waals surface area contributed by atoms with Crippen LogP contribution in [0.5, 0.6) is 0 Å². The van der Waals surface area contributed by atoms with Crippen molar-refractivity contribution in [3.8, 4) is 0 Å². The van der Waals surface area contributed by atoms with Crippen LogP contribution in [0.25, 0.3) is 0 Å². The van der Waals surface area contributed by atoms with Crippen LogP contribution in [0.4, 0.5) is 0 Å². The molecular formula is C15H32ClN3O3S. The molecule has 0 aromatic rings. The quantitative estimate of drug-likeness (QED) is 0.646. The van der Waals surface area contributed by atoms with Crippen LogP contribution in [0.3, 0.4) is 0 Å². The summed E-state index contributed by atoms with van der Waals surface area (Å²) in [5.41, 5.74) is 5.77. The Morgan fingerprint density at radius 3 is 2.43 bits per heavy atom. The summed E-state index contributed by atoms with van der Waals surface area (Å²) >= 11 is 0. The lowest BCUT2D eigenvalue weighted by Gasteiger charge is -2.29. The molecule has 1 heterocycles. The van der Waals surface area contributed by atoms with Crippen molar-refractivity contribution in [3.63, 3.8) is 0 Å². The van der Waals surface area contributed by atoms with Crippen molar-refractivity contribution in [2.45, 2.75) is 70.9 Å². The molecular weight excluding hydrogens is 338 g/mol. The Balaban J connectivity index is 0.00000484. The van der Waals surface area contributed by atoms with Crippen molar-refractivity contribution in [2.75, 3.05) is 18.8 Å². The lowest BCUT2D eigenvalue weighted by Crippen LogP contribution is -2.53. The van der Waals surface area contributed by atoms with Crippen LogP contribution in [0.1, 0.15) is 59.3 Å². The van der Waals surface area contributed by atoms with E-state index in [1.807, 2.05) is 20.8 Å². The largest absolute Gasteiger partial charge is 0.353 e. The molecule has 0 aromatic heterocycles. The SMILES string of the molecule is CCCCS(=O)(=O)N1CCCC1C(=O)NCC(N)(CC)CC.Cl. The summed E-state index contributed by atoms with van der Waals surface area (Å²) in [5.74, 6) is -0.0906. The van der Waals surface area contributed by atoms with Gasteiger partial charge in [0, 0.05) is 18.6 Å². The van der Waals surface area contributed by atoms with Gasteiger partial charge in [0.05, 0.1) is 5.75 Å². The molecule has 1 atom stereocenters. The topological polar surface area (TPSA) is 92.5 Å². The van der Waals surface area contributed by atoms with Crippen molar-refractivity contribution in [1.29, 1.82) is 0 Å².